The highest BCUT2D eigenvalue weighted by Gasteiger charge is 2.34. The summed E-state index contributed by atoms with van der Waals surface area (Å²) in [5.74, 6) is 0.0683. The van der Waals surface area contributed by atoms with E-state index in [1.165, 1.54) is 18.2 Å². The largest absolute Gasteiger partial charge is 0.508 e. The van der Waals surface area contributed by atoms with Gasteiger partial charge in [-0.1, -0.05) is 18.2 Å². The predicted molar refractivity (Wildman–Crippen MR) is 160 cm³/mol. The zero-order chi connectivity index (χ0) is 28.0. The van der Waals surface area contributed by atoms with Crippen molar-refractivity contribution in [3.8, 4) is 11.5 Å². The SMILES string of the molecule is Cc1cccc2c(O)cc3c(c12)[C@H](CCl)CN3C(=O)/C=C/c1cc2cc(NC(=O)c3ccc(O)cc3)ccc2[nH]1. The van der Waals surface area contributed by atoms with Gasteiger partial charge in [0.25, 0.3) is 11.8 Å². The van der Waals surface area contributed by atoms with Gasteiger partial charge in [-0.2, -0.15) is 0 Å². The van der Waals surface area contributed by atoms with Gasteiger partial charge in [0.2, 0.25) is 0 Å². The Morgan fingerprint density at radius 2 is 1.88 bits per heavy atom. The van der Waals surface area contributed by atoms with Crippen LogP contribution in [0, 0.1) is 6.92 Å². The summed E-state index contributed by atoms with van der Waals surface area (Å²) in [5.41, 5.74) is 5.36. The van der Waals surface area contributed by atoms with Crippen molar-refractivity contribution in [2.45, 2.75) is 12.8 Å². The van der Waals surface area contributed by atoms with E-state index < -0.39 is 0 Å². The summed E-state index contributed by atoms with van der Waals surface area (Å²) in [7, 11) is 0. The number of carbonyl (C=O) groups excluding carboxylic acids is 2. The van der Waals surface area contributed by atoms with E-state index in [2.05, 4.69) is 10.3 Å². The summed E-state index contributed by atoms with van der Waals surface area (Å²) >= 11 is 6.34. The Morgan fingerprint density at radius 3 is 2.65 bits per heavy atom. The molecular weight excluding hydrogens is 526 g/mol. The molecule has 1 aromatic heterocycles. The van der Waals surface area contributed by atoms with Gasteiger partial charge in [-0.05, 0) is 78.0 Å². The van der Waals surface area contributed by atoms with Crippen LogP contribution in [0.3, 0.4) is 0 Å². The van der Waals surface area contributed by atoms with E-state index >= 15 is 0 Å². The fourth-order valence-electron chi connectivity index (χ4n) is 5.42. The van der Waals surface area contributed by atoms with Crippen LogP contribution in [-0.4, -0.2) is 39.4 Å². The third-order valence-corrected chi connectivity index (χ3v) is 7.73. The lowest BCUT2D eigenvalue weighted by Gasteiger charge is -2.17. The molecule has 200 valence electrons. The number of nitrogens with zero attached hydrogens (tertiary/aromatic N) is 1. The Bertz CT molecular complexity index is 1820. The first-order chi connectivity index (χ1) is 19.3. The number of anilines is 2. The second-order valence-corrected chi connectivity index (χ2v) is 10.3. The van der Waals surface area contributed by atoms with E-state index in [1.807, 2.05) is 43.3 Å². The van der Waals surface area contributed by atoms with Gasteiger partial charge < -0.3 is 25.4 Å². The van der Waals surface area contributed by atoms with Crippen LogP contribution >= 0.6 is 11.6 Å². The van der Waals surface area contributed by atoms with Gasteiger partial charge in [0, 0.05) is 63.7 Å². The van der Waals surface area contributed by atoms with E-state index in [0.29, 0.717) is 29.4 Å². The van der Waals surface area contributed by atoms with Gasteiger partial charge in [0.05, 0.1) is 5.69 Å². The lowest BCUT2D eigenvalue weighted by Crippen LogP contribution is -2.28. The van der Waals surface area contributed by atoms with Crippen molar-refractivity contribution >= 4 is 62.5 Å². The number of phenolic OH excluding ortho intramolecular Hbond substituents is 2. The first-order valence-corrected chi connectivity index (χ1v) is 13.4. The molecule has 8 heteroatoms. The number of hydrogen-bond donors (Lipinski definition) is 4. The van der Waals surface area contributed by atoms with Crippen molar-refractivity contribution in [2.75, 3.05) is 22.6 Å². The number of rotatable bonds is 5. The number of hydrogen-bond acceptors (Lipinski definition) is 4. The summed E-state index contributed by atoms with van der Waals surface area (Å²) in [6, 6.07) is 20.9. The molecule has 1 aliphatic heterocycles. The Hall–Kier alpha value is -4.75. The number of fused-ring (bicyclic) bond motifs is 4. The molecule has 0 radical (unpaired) electrons. The third-order valence-electron chi connectivity index (χ3n) is 7.36. The van der Waals surface area contributed by atoms with E-state index in [4.69, 9.17) is 11.6 Å². The monoisotopic (exact) mass is 551 g/mol. The summed E-state index contributed by atoms with van der Waals surface area (Å²) in [5, 5.41) is 25.6. The third kappa shape index (κ3) is 4.54. The normalized spacial score (nSPS) is 14.8. The molecule has 2 heterocycles. The van der Waals surface area contributed by atoms with Crippen LogP contribution < -0.4 is 10.2 Å². The van der Waals surface area contributed by atoms with Crippen LogP contribution in [0.1, 0.15) is 33.1 Å². The molecular formula is C32H26ClN3O4. The number of H-pyrrole nitrogens is 1. The first-order valence-electron chi connectivity index (χ1n) is 12.9. The average Bonchev–Trinajstić information content (AvgIpc) is 3.53. The number of nitrogens with one attached hydrogen (secondary N) is 2. The van der Waals surface area contributed by atoms with Gasteiger partial charge >= 0.3 is 0 Å². The number of phenols is 2. The first kappa shape index (κ1) is 25.5. The standard InChI is InChI=1S/C32H26ClN3O4/c1-18-3-2-4-25-28(38)15-27-31(30(18)25)21(16-33)17-36(27)29(39)12-8-22-13-20-14-23(7-11-26(20)34-22)35-32(40)19-5-9-24(37)10-6-19/h2-15,21,34,37-38H,16-17H2,1H3,(H,35,40)/b12-8+/t21-/m1/s1. The number of amides is 2. The van der Waals surface area contributed by atoms with Gasteiger partial charge in [0.15, 0.2) is 0 Å². The molecule has 0 spiro atoms. The maximum Gasteiger partial charge on any atom is 0.255 e. The van der Waals surface area contributed by atoms with E-state index in [1.54, 1.807) is 35.2 Å². The van der Waals surface area contributed by atoms with Crippen molar-refractivity contribution in [1.82, 2.24) is 4.98 Å². The molecule has 0 bridgehead atoms. The maximum atomic E-state index is 13.4. The van der Waals surface area contributed by atoms with Crippen LogP contribution in [-0.2, 0) is 4.79 Å². The van der Waals surface area contributed by atoms with E-state index in [9.17, 15) is 19.8 Å². The number of alkyl halides is 1. The number of carbonyl (C=O) groups is 2. The molecule has 0 saturated carbocycles. The Balaban J connectivity index is 1.24. The fourth-order valence-corrected chi connectivity index (χ4v) is 5.67. The lowest BCUT2D eigenvalue weighted by atomic mass is 9.92. The highest BCUT2D eigenvalue weighted by molar-refractivity contribution is 6.19. The summed E-state index contributed by atoms with van der Waals surface area (Å²) in [4.78, 5) is 30.8. The van der Waals surface area contributed by atoms with Crippen LogP contribution in [0.4, 0.5) is 11.4 Å². The molecule has 1 aliphatic rings. The second-order valence-electron chi connectivity index (χ2n) is 9.99. The Morgan fingerprint density at radius 1 is 1.07 bits per heavy atom. The van der Waals surface area contributed by atoms with E-state index in [-0.39, 0.29) is 29.2 Å². The lowest BCUT2D eigenvalue weighted by molar-refractivity contribution is -0.114. The molecule has 4 N–H and O–H groups in total. The van der Waals surface area contributed by atoms with Gasteiger partial charge in [-0.25, -0.2) is 0 Å². The number of aromatic amines is 1. The zero-order valence-corrected chi connectivity index (χ0v) is 22.4. The topological polar surface area (TPSA) is 106 Å². The molecule has 6 rings (SSSR count). The predicted octanol–water partition coefficient (Wildman–Crippen LogP) is 6.68. The van der Waals surface area contributed by atoms with Gasteiger partial charge in [-0.3, -0.25) is 9.59 Å². The van der Waals surface area contributed by atoms with Gasteiger partial charge in [-0.15, -0.1) is 11.6 Å². The number of halogens is 1. The molecule has 0 unspecified atom stereocenters. The number of benzene rings is 4. The molecule has 0 saturated heterocycles. The van der Waals surface area contributed by atoms with Crippen molar-refractivity contribution in [3.63, 3.8) is 0 Å². The van der Waals surface area contributed by atoms with E-state index in [0.717, 1.165) is 38.5 Å². The second kappa shape index (κ2) is 10.1. The van der Waals surface area contributed by atoms with Crippen LogP contribution in [0.15, 0.2) is 78.9 Å². The molecule has 2 amide bonds. The van der Waals surface area contributed by atoms with Crippen molar-refractivity contribution in [1.29, 1.82) is 0 Å². The maximum absolute atomic E-state index is 13.4. The quantitative estimate of drug-likeness (QED) is 0.144. The summed E-state index contributed by atoms with van der Waals surface area (Å²) in [6.45, 7) is 2.43. The molecule has 7 nitrogen and oxygen atoms in total. The minimum atomic E-state index is -0.282. The molecule has 5 aromatic rings. The van der Waals surface area contributed by atoms with Crippen LogP contribution in [0.2, 0.25) is 0 Å². The number of aromatic nitrogens is 1. The van der Waals surface area contributed by atoms with Gasteiger partial charge in [0.1, 0.15) is 11.5 Å². The highest BCUT2D eigenvalue weighted by atomic mass is 35.5. The highest BCUT2D eigenvalue weighted by Crippen LogP contribution is 2.46. The van der Waals surface area contributed by atoms with Crippen LogP contribution in [0.25, 0.3) is 27.8 Å². The number of aryl methyl sites for hydroxylation is 1. The number of aromatic hydroxyl groups is 2. The molecule has 1 atom stereocenters. The molecule has 0 fully saturated rings. The Labute approximate surface area is 235 Å². The smallest absolute Gasteiger partial charge is 0.255 e. The van der Waals surface area contributed by atoms with Crippen molar-refractivity contribution in [2.24, 2.45) is 0 Å². The summed E-state index contributed by atoms with van der Waals surface area (Å²) < 4.78 is 0. The minimum absolute atomic E-state index is 0.0403. The average molecular weight is 552 g/mol. The van der Waals surface area contributed by atoms with Crippen LogP contribution in [0.5, 0.6) is 11.5 Å². The molecule has 40 heavy (non-hydrogen) atoms. The molecule has 4 aromatic carbocycles. The molecule has 0 aliphatic carbocycles. The Kier molecular flexibility index (Phi) is 6.44. The fraction of sp³-hybridized carbons (Fsp3) is 0.125. The summed E-state index contributed by atoms with van der Waals surface area (Å²) in [6.07, 6.45) is 3.23. The van der Waals surface area contributed by atoms with Crippen molar-refractivity contribution in [3.05, 3.63) is 101 Å². The zero-order valence-electron chi connectivity index (χ0n) is 21.6. The minimum Gasteiger partial charge on any atom is -0.508 e. The van der Waals surface area contributed by atoms with Crippen molar-refractivity contribution < 1.29 is 19.8 Å².